The normalized spacial score (nSPS) is 21.2. The zero-order valence-corrected chi connectivity index (χ0v) is 15.2. The molecule has 1 unspecified atom stereocenters. The molecule has 1 N–H and O–H groups in total. The summed E-state index contributed by atoms with van der Waals surface area (Å²) in [6.45, 7) is 1.75. The highest BCUT2D eigenvalue weighted by Gasteiger charge is 2.28. The average molecular weight is 353 g/mol. The first-order chi connectivity index (χ1) is 12.8. The lowest BCUT2D eigenvalue weighted by molar-refractivity contribution is -0.131. The van der Waals surface area contributed by atoms with Gasteiger partial charge in [0.15, 0.2) is 5.82 Å². The van der Waals surface area contributed by atoms with Gasteiger partial charge in [-0.25, -0.2) is 4.98 Å². The van der Waals surface area contributed by atoms with Crippen molar-refractivity contribution in [1.29, 1.82) is 0 Å². The molecular weight excluding hydrogens is 326 g/mol. The molecule has 0 radical (unpaired) electrons. The summed E-state index contributed by atoms with van der Waals surface area (Å²) in [5.41, 5.74) is 0.971. The highest BCUT2D eigenvalue weighted by molar-refractivity contribution is 5.76. The van der Waals surface area contributed by atoms with Crippen LogP contribution in [0.15, 0.2) is 24.5 Å². The van der Waals surface area contributed by atoms with Crippen LogP contribution in [-0.4, -0.2) is 44.1 Å². The van der Waals surface area contributed by atoms with Crippen LogP contribution in [0.4, 0.5) is 0 Å². The molecule has 2 aromatic heterocycles. The zero-order valence-electron chi connectivity index (χ0n) is 15.2. The van der Waals surface area contributed by atoms with Gasteiger partial charge in [0, 0.05) is 43.9 Å². The van der Waals surface area contributed by atoms with Gasteiger partial charge in [0.1, 0.15) is 5.82 Å². The van der Waals surface area contributed by atoms with Crippen LogP contribution >= 0.6 is 0 Å². The van der Waals surface area contributed by atoms with Crippen molar-refractivity contribution in [2.45, 2.75) is 51.4 Å². The van der Waals surface area contributed by atoms with Crippen LogP contribution in [0.5, 0.6) is 0 Å². The van der Waals surface area contributed by atoms with Crippen LogP contribution in [0.2, 0.25) is 0 Å². The number of amides is 1. The third-order valence-corrected chi connectivity index (χ3v) is 5.78. The van der Waals surface area contributed by atoms with Crippen molar-refractivity contribution in [1.82, 2.24) is 25.1 Å². The molecule has 1 saturated heterocycles. The monoisotopic (exact) mass is 353 g/mol. The van der Waals surface area contributed by atoms with Crippen molar-refractivity contribution >= 4 is 5.91 Å². The molecule has 2 fully saturated rings. The SMILES string of the molecule is O=C(CC1CCCCC1)N1CCC(Cc2nc(-c3ccncc3)n[nH]2)C1. The number of carbonyl (C=O) groups is 1. The molecular formula is C20H27N5O. The van der Waals surface area contributed by atoms with E-state index < -0.39 is 0 Å². The number of aromatic amines is 1. The summed E-state index contributed by atoms with van der Waals surface area (Å²) in [6.07, 6.45) is 12.6. The smallest absolute Gasteiger partial charge is 0.222 e. The number of carbonyl (C=O) groups excluding carboxylic acids is 1. The highest BCUT2D eigenvalue weighted by atomic mass is 16.2. The Labute approximate surface area is 154 Å². The first-order valence-corrected chi connectivity index (χ1v) is 9.87. The Kier molecular flexibility index (Phi) is 5.27. The molecule has 138 valence electrons. The Morgan fingerprint density at radius 1 is 1.12 bits per heavy atom. The van der Waals surface area contributed by atoms with Gasteiger partial charge in [-0.2, -0.15) is 5.10 Å². The second kappa shape index (κ2) is 7.98. The second-order valence-electron chi connectivity index (χ2n) is 7.75. The van der Waals surface area contributed by atoms with Crippen molar-refractivity contribution in [3.05, 3.63) is 30.4 Å². The Balaban J connectivity index is 1.29. The van der Waals surface area contributed by atoms with Gasteiger partial charge in [-0.05, 0) is 43.2 Å². The van der Waals surface area contributed by atoms with Crippen molar-refractivity contribution in [3.8, 4) is 11.4 Å². The molecule has 3 heterocycles. The van der Waals surface area contributed by atoms with Gasteiger partial charge in [0.25, 0.3) is 0 Å². The fraction of sp³-hybridized carbons (Fsp3) is 0.600. The van der Waals surface area contributed by atoms with Crippen molar-refractivity contribution in [3.63, 3.8) is 0 Å². The summed E-state index contributed by atoms with van der Waals surface area (Å²) in [5, 5.41) is 7.37. The quantitative estimate of drug-likeness (QED) is 0.895. The van der Waals surface area contributed by atoms with Gasteiger partial charge >= 0.3 is 0 Å². The maximum atomic E-state index is 12.6. The van der Waals surface area contributed by atoms with E-state index in [1.807, 2.05) is 12.1 Å². The highest BCUT2D eigenvalue weighted by Crippen LogP contribution is 2.28. The molecule has 1 saturated carbocycles. The van der Waals surface area contributed by atoms with E-state index >= 15 is 0 Å². The number of H-pyrrole nitrogens is 1. The summed E-state index contributed by atoms with van der Waals surface area (Å²) >= 11 is 0. The number of aromatic nitrogens is 4. The zero-order chi connectivity index (χ0) is 17.8. The Morgan fingerprint density at radius 3 is 2.73 bits per heavy atom. The minimum atomic E-state index is 0.356. The van der Waals surface area contributed by atoms with Crippen molar-refractivity contribution in [2.75, 3.05) is 13.1 Å². The first kappa shape index (κ1) is 17.2. The van der Waals surface area contributed by atoms with Crippen LogP contribution < -0.4 is 0 Å². The number of rotatable bonds is 5. The molecule has 26 heavy (non-hydrogen) atoms. The third-order valence-electron chi connectivity index (χ3n) is 5.78. The molecule has 1 atom stereocenters. The van der Waals surface area contributed by atoms with Gasteiger partial charge in [-0.3, -0.25) is 14.9 Å². The molecule has 0 spiro atoms. The fourth-order valence-electron chi connectivity index (χ4n) is 4.28. The number of hydrogen-bond acceptors (Lipinski definition) is 4. The van der Waals surface area contributed by atoms with Crippen LogP contribution in [0, 0.1) is 11.8 Å². The van der Waals surface area contributed by atoms with E-state index in [9.17, 15) is 4.79 Å². The molecule has 1 aliphatic carbocycles. The minimum Gasteiger partial charge on any atom is -0.342 e. The predicted octanol–water partition coefficient (Wildman–Crippen LogP) is 3.23. The summed E-state index contributed by atoms with van der Waals surface area (Å²) < 4.78 is 0. The van der Waals surface area contributed by atoms with E-state index in [4.69, 9.17) is 0 Å². The van der Waals surface area contributed by atoms with Crippen LogP contribution in [0.3, 0.4) is 0 Å². The summed E-state index contributed by atoms with van der Waals surface area (Å²) in [7, 11) is 0. The molecule has 0 bridgehead atoms. The molecule has 2 aromatic rings. The number of pyridine rings is 1. The average Bonchev–Trinajstić information content (AvgIpc) is 3.33. The van der Waals surface area contributed by atoms with Gasteiger partial charge in [0.05, 0.1) is 0 Å². The van der Waals surface area contributed by atoms with Crippen LogP contribution in [0.1, 0.15) is 50.8 Å². The predicted molar refractivity (Wildman–Crippen MR) is 99.2 cm³/mol. The van der Waals surface area contributed by atoms with Crippen molar-refractivity contribution in [2.24, 2.45) is 11.8 Å². The van der Waals surface area contributed by atoms with Crippen molar-refractivity contribution < 1.29 is 4.79 Å². The first-order valence-electron chi connectivity index (χ1n) is 9.87. The molecule has 1 amide bonds. The molecule has 2 aliphatic rings. The molecule has 6 heteroatoms. The third kappa shape index (κ3) is 4.11. The number of nitrogens with one attached hydrogen (secondary N) is 1. The lowest BCUT2D eigenvalue weighted by Gasteiger charge is -2.24. The Morgan fingerprint density at radius 2 is 1.92 bits per heavy atom. The number of nitrogens with zero attached hydrogens (tertiary/aromatic N) is 4. The minimum absolute atomic E-state index is 0.356. The molecule has 1 aliphatic heterocycles. The van der Waals surface area contributed by atoms with E-state index in [-0.39, 0.29) is 0 Å². The van der Waals surface area contributed by atoms with Crippen LogP contribution in [0.25, 0.3) is 11.4 Å². The largest absolute Gasteiger partial charge is 0.342 e. The van der Waals surface area contributed by atoms with Crippen LogP contribution in [-0.2, 0) is 11.2 Å². The lowest BCUT2D eigenvalue weighted by Crippen LogP contribution is -2.31. The summed E-state index contributed by atoms with van der Waals surface area (Å²) in [5.74, 6) is 3.07. The maximum absolute atomic E-state index is 12.6. The summed E-state index contributed by atoms with van der Waals surface area (Å²) in [4.78, 5) is 23.3. The Hall–Kier alpha value is -2.24. The van der Waals surface area contributed by atoms with E-state index in [1.165, 1.54) is 32.1 Å². The van der Waals surface area contributed by atoms with E-state index in [2.05, 4.69) is 25.1 Å². The van der Waals surface area contributed by atoms with Gasteiger partial charge < -0.3 is 4.90 Å². The molecule has 6 nitrogen and oxygen atoms in total. The fourth-order valence-corrected chi connectivity index (χ4v) is 4.28. The van der Waals surface area contributed by atoms with Gasteiger partial charge in [0.2, 0.25) is 5.91 Å². The van der Waals surface area contributed by atoms with E-state index in [1.54, 1.807) is 12.4 Å². The van der Waals surface area contributed by atoms with E-state index in [0.717, 1.165) is 43.7 Å². The topological polar surface area (TPSA) is 74.8 Å². The van der Waals surface area contributed by atoms with E-state index in [0.29, 0.717) is 23.6 Å². The summed E-state index contributed by atoms with van der Waals surface area (Å²) in [6, 6.07) is 3.82. The number of likely N-dealkylation sites (tertiary alicyclic amines) is 1. The lowest BCUT2D eigenvalue weighted by atomic mass is 9.87. The second-order valence-corrected chi connectivity index (χ2v) is 7.75. The molecule has 0 aromatic carbocycles. The van der Waals surface area contributed by atoms with Gasteiger partial charge in [-0.1, -0.05) is 19.3 Å². The number of hydrogen-bond donors (Lipinski definition) is 1. The standard InChI is InChI=1S/C20H27N5O/c26-19(13-15-4-2-1-3-5-15)25-11-8-16(14-25)12-18-22-20(24-23-18)17-6-9-21-10-7-17/h6-7,9-10,15-16H,1-5,8,11-14H2,(H,22,23,24). The maximum Gasteiger partial charge on any atom is 0.222 e. The van der Waals surface area contributed by atoms with Gasteiger partial charge in [-0.15, -0.1) is 0 Å². The molecule has 4 rings (SSSR count). The Bertz CT molecular complexity index is 723.